The van der Waals surface area contributed by atoms with E-state index in [-0.39, 0.29) is 0 Å². The molecule has 1 rings (SSSR count). The van der Waals surface area contributed by atoms with Crippen molar-refractivity contribution in [2.45, 2.75) is 46.3 Å². The summed E-state index contributed by atoms with van der Waals surface area (Å²) in [6.07, 6.45) is 0. The molecule has 2 nitrogen and oxygen atoms in total. The lowest BCUT2D eigenvalue weighted by molar-refractivity contribution is 0.177. The second kappa shape index (κ2) is 8.03. The molecule has 1 unspecified atom stereocenters. The minimum absolute atomic E-state index is 0.542. The van der Waals surface area contributed by atoms with Crippen LogP contribution < -0.4 is 5.32 Å². The number of nitrogens with zero attached hydrogens (tertiary/aromatic N) is 1. The molecule has 19 heavy (non-hydrogen) atoms. The lowest BCUT2D eigenvalue weighted by Crippen LogP contribution is -2.44. The zero-order chi connectivity index (χ0) is 14.4. The second-order valence-electron chi connectivity index (χ2n) is 5.92. The van der Waals surface area contributed by atoms with E-state index >= 15 is 0 Å². The topological polar surface area (TPSA) is 15.3 Å². The Hall–Kier alpha value is -0.380. The zero-order valence-corrected chi connectivity index (χ0v) is 14.4. The predicted molar refractivity (Wildman–Crippen MR) is 87.4 cm³/mol. The van der Waals surface area contributed by atoms with Crippen LogP contribution in [0.4, 0.5) is 0 Å². The first-order valence-corrected chi connectivity index (χ1v) is 7.87. The molecule has 0 aliphatic carbocycles. The predicted octanol–water partition coefficient (Wildman–Crippen LogP) is 3.90. The number of halogens is 1. The molecule has 0 spiro atoms. The van der Waals surface area contributed by atoms with Gasteiger partial charge in [-0.15, -0.1) is 0 Å². The summed E-state index contributed by atoms with van der Waals surface area (Å²) in [5.41, 5.74) is 1.35. The van der Waals surface area contributed by atoms with Crippen LogP contribution in [0.3, 0.4) is 0 Å². The maximum absolute atomic E-state index is 3.55. The van der Waals surface area contributed by atoms with Gasteiger partial charge >= 0.3 is 0 Å². The Bertz CT molecular complexity index is 377. The normalized spacial score (nSPS) is 13.5. The van der Waals surface area contributed by atoms with Crippen LogP contribution in [0.15, 0.2) is 28.7 Å². The molecule has 1 atom stereocenters. The van der Waals surface area contributed by atoms with Crippen molar-refractivity contribution in [1.29, 1.82) is 0 Å². The van der Waals surface area contributed by atoms with Crippen molar-refractivity contribution in [3.05, 3.63) is 34.3 Å². The van der Waals surface area contributed by atoms with Crippen LogP contribution in [0.5, 0.6) is 0 Å². The van der Waals surface area contributed by atoms with Gasteiger partial charge in [-0.3, -0.25) is 4.90 Å². The van der Waals surface area contributed by atoms with Crippen molar-refractivity contribution in [2.75, 3.05) is 13.6 Å². The molecule has 0 radical (unpaired) electrons. The summed E-state index contributed by atoms with van der Waals surface area (Å²) in [5, 5.41) is 3.55. The molecular weight excluding hydrogens is 300 g/mol. The van der Waals surface area contributed by atoms with Crippen molar-refractivity contribution in [1.82, 2.24) is 10.2 Å². The van der Waals surface area contributed by atoms with E-state index in [9.17, 15) is 0 Å². The number of hydrogen-bond acceptors (Lipinski definition) is 2. The third kappa shape index (κ3) is 6.07. The molecule has 1 aromatic rings. The fourth-order valence-electron chi connectivity index (χ4n) is 2.30. The van der Waals surface area contributed by atoms with E-state index in [0.717, 1.165) is 17.6 Å². The van der Waals surface area contributed by atoms with Gasteiger partial charge in [0.1, 0.15) is 0 Å². The number of nitrogens with one attached hydrogen (secondary N) is 1. The average molecular weight is 327 g/mol. The Balaban J connectivity index is 2.63. The van der Waals surface area contributed by atoms with Gasteiger partial charge < -0.3 is 5.32 Å². The molecule has 0 fully saturated rings. The lowest BCUT2D eigenvalue weighted by Gasteiger charge is -2.32. The Morgan fingerprint density at radius 1 is 1.21 bits per heavy atom. The van der Waals surface area contributed by atoms with Crippen LogP contribution >= 0.6 is 15.9 Å². The highest BCUT2D eigenvalue weighted by molar-refractivity contribution is 9.10. The van der Waals surface area contributed by atoms with E-state index < -0.39 is 0 Å². The molecule has 0 amide bonds. The molecule has 0 heterocycles. The van der Waals surface area contributed by atoms with Gasteiger partial charge in [0.25, 0.3) is 0 Å². The first-order valence-electron chi connectivity index (χ1n) is 7.08. The molecule has 1 N–H and O–H groups in total. The van der Waals surface area contributed by atoms with Crippen LogP contribution in [-0.2, 0) is 6.54 Å². The summed E-state index contributed by atoms with van der Waals surface area (Å²) in [6.45, 7) is 11.0. The molecule has 0 saturated heterocycles. The Morgan fingerprint density at radius 3 is 2.42 bits per heavy atom. The number of benzene rings is 1. The maximum atomic E-state index is 3.55. The summed E-state index contributed by atoms with van der Waals surface area (Å²) >= 11 is 3.54. The third-order valence-corrected chi connectivity index (χ3v) is 3.89. The van der Waals surface area contributed by atoms with Gasteiger partial charge in [0.15, 0.2) is 0 Å². The molecule has 0 bridgehead atoms. The van der Waals surface area contributed by atoms with E-state index in [1.54, 1.807) is 0 Å². The molecule has 0 aliphatic rings. The minimum Gasteiger partial charge on any atom is -0.313 e. The fourth-order valence-corrected chi connectivity index (χ4v) is 2.74. The third-order valence-electron chi connectivity index (χ3n) is 3.39. The molecule has 0 aliphatic heterocycles. The Kier molecular flexibility index (Phi) is 7.05. The molecule has 108 valence electrons. The number of hydrogen-bond donors (Lipinski definition) is 1. The highest BCUT2D eigenvalue weighted by atomic mass is 79.9. The quantitative estimate of drug-likeness (QED) is 0.817. The van der Waals surface area contributed by atoms with Crippen molar-refractivity contribution in [2.24, 2.45) is 5.92 Å². The van der Waals surface area contributed by atoms with Gasteiger partial charge in [0.2, 0.25) is 0 Å². The van der Waals surface area contributed by atoms with Gasteiger partial charge in [-0.25, -0.2) is 0 Å². The van der Waals surface area contributed by atoms with Crippen LogP contribution in [0.2, 0.25) is 0 Å². The van der Waals surface area contributed by atoms with Crippen molar-refractivity contribution < 1.29 is 0 Å². The van der Waals surface area contributed by atoms with Crippen LogP contribution in [-0.4, -0.2) is 30.6 Å². The summed E-state index contributed by atoms with van der Waals surface area (Å²) < 4.78 is 1.15. The lowest BCUT2D eigenvalue weighted by atomic mass is 10.0. The molecule has 0 aromatic heterocycles. The van der Waals surface area contributed by atoms with E-state index in [4.69, 9.17) is 0 Å². The van der Waals surface area contributed by atoms with Gasteiger partial charge in [0, 0.05) is 29.6 Å². The van der Waals surface area contributed by atoms with Gasteiger partial charge in [-0.1, -0.05) is 55.8 Å². The van der Waals surface area contributed by atoms with Crippen molar-refractivity contribution in [3.63, 3.8) is 0 Å². The smallest absolute Gasteiger partial charge is 0.0244 e. The SMILES string of the molecule is CC(C)NCC(C(C)C)N(C)Cc1cccc(Br)c1. The van der Waals surface area contributed by atoms with E-state index in [2.05, 4.69) is 85.2 Å². The first kappa shape index (κ1) is 16.7. The van der Waals surface area contributed by atoms with E-state index in [0.29, 0.717) is 18.0 Å². The Labute approximate surface area is 126 Å². The van der Waals surface area contributed by atoms with E-state index in [1.165, 1.54) is 5.56 Å². The fraction of sp³-hybridized carbons (Fsp3) is 0.625. The monoisotopic (exact) mass is 326 g/mol. The maximum Gasteiger partial charge on any atom is 0.0244 e. The van der Waals surface area contributed by atoms with Gasteiger partial charge in [-0.2, -0.15) is 0 Å². The van der Waals surface area contributed by atoms with Gasteiger partial charge in [0.05, 0.1) is 0 Å². The number of rotatable bonds is 7. The van der Waals surface area contributed by atoms with Crippen molar-refractivity contribution >= 4 is 15.9 Å². The second-order valence-corrected chi connectivity index (χ2v) is 6.84. The van der Waals surface area contributed by atoms with Crippen LogP contribution in [0.25, 0.3) is 0 Å². The number of likely N-dealkylation sites (N-methyl/N-ethyl adjacent to an activating group) is 1. The molecule has 3 heteroatoms. The van der Waals surface area contributed by atoms with Crippen LogP contribution in [0.1, 0.15) is 33.3 Å². The van der Waals surface area contributed by atoms with Crippen molar-refractivity contribution in [3.8, 4) is 0 Å². The zero-order valence-electron chi connectivity index (χ0n) is 12.8. The summed E-state index contributed by atoms with van der Waals surface area (Å²) in [7, 11) is 2.22. The Morgan fingerprint density at radius 2 is 1.89 bits per heavy atom. The summed E-state index contributed by atoms with van der Waals surface area (Å²) in [4.78, 5) is 2.45. The van der Waals surface area contributed by atoms with Gasteiger partial charge in [-0.05, 0) is 30.7 Å². The first-order chi connectivity index (χ1) is 8.90. The average Bonchev–Trinajstić information content (AvgIpc) is 2.28. The standard InChI is InChI=1S/C16H27BrN2/c1-12(2)16(10-18-13(3)4)19(5)11-14-7-6-8-15(17)9-14/h6-9,12-13,16,18H,10-11H2,1-5H3. The summed E-state index contributed by atoms with van der Waals surface area (Å²) in [6, 6.07) is 9.66. The van der Waals surface area contributed by atoms with E-state index in [1.807, 2.05) is 0 Å². The molecular formula is C16H27BrN2. The molecule has 0 saturated carbocycles. The summed E-state index contributed by atoms with van der Waals surface area (Å²) in [5.74, 6) is 0.642. The highest BCUT2D eigenvalue weighted by Crippen LogP contribution is 2.16. The highest BCUT2D eigenvalue weighted by Gasteiger charge is 2.18. The largest absolute Gasteiger partial charge is 0.313 e. The van der Waals surface area contributed by atoms with Crippen LogP contribution in [0, 0.1) is 5.92 Å². The minimum atomic E-state index is 0.542. The molecule has 1 aromatic carbocycles.